The molecule has 2 rings (SSSR count). The maximum Gasteiger partial charge on any atom is 0.227 e. The van der Waals surface area contributed by atoms with E-state index in [1.807, 2.05) is 29.2 Å². The fraction of sp³-hybridized carbons (Fsp3) is 0.500. The van der Waals surface area contributed by atoms with Gasteiger partial charge >= 0.3 is 0 Å². The molecule has 1 aromatic rings. The van der Waals surface area contributed by atoms with E-state index in [0.717, 1.165) is 24.3 Å². The molecule has 1 fully saturated rings. The molecule has 1 saturated heterocycles. The Balaban J connectivity index is 1.99. The minimum Gasteiger partial charge on any atom is -0.496 e. The topological polar surface area (TPSA) is 49.8 Å². The fourth-order valence-electron chi connectivity index (χ4n) is 2.33. The highest BCUT2D eigenvalue weighted by atomic mass is 16.5. The van der Waals surface area contributed by atoms with E-state index in [1.54, 1.807) is 7.11 Å². The number of para-hydroxylation sites is 1. The molecule has 0 aromatic heterocycles. The van der Waals surface area contributed by atoms with Crippen molar-refractivity contribution in [2.75, 3.05) is 26.8 Å². The van der Waals surface area contributed by atoms with Crippen molar-refractivity contribution in [3.8, 4) is 5.75 Å². The van der Waals surface area contributed by atoms with Crippen molar-refractivity contribution >= 4 is 5.91 Å². The monoisotopic (exact) mass is 249 g/mol. The summed E-state index contributed by atoms with van der Waals surface area (Å²) in [6.45, 7) is 1.59. The highest BCUT2D eigenvalue weighted by molar-refractivity contribution is 5.79. The van der Waals surface area contributed by atoms with E-state index in [9.17, 15) is 4.79 Å². The number of carbonyl (C=O) groups is 1. The summed E-state index contributed by atoms with van der Waals surface area (Å²) in [5.41, 5.74) is 0.914. The lowest BCUT2D eigenvalue weighted by Gasteiger charge is -2.17. The number of likely N-dealkylation sites (tertiary alicyclic amines) is 1. The lowest BCUT2D eigenvalue weighted by Crippen LogP contribution is -2.30. The molecule has 1 aliphatic heterocycles. The first-order valence-electron chi connectivity index (χ1n) is 6.25. The third-order valence-corrected chi connectivity index (χ3v) is 3.43. The summed E-state index contributed by atoms with van der Waals surface area (Å²) in [6.07, 6.45) is 1.26. The van der Waals surface area contributed by atoms with Gasteiger partial charge in [-0.3, -0.25) is 4.79 Å². The Hall–Kier alpha value is -1.55. The van der Waals surface area contributed by atoms with Crippen molar-refractivity contribution in [1.29, 1.82) is 0 Å². The van der Waals surface area contributed by atoms with Gasteiger partial charge in [-0.15, -0.1) is 0 Å². The molecule has 98 valence electrons. The summed E-state index contributed by atoms with van der Waals surface area (Å²) >= 11 is 0. The summed E-state index contributed by atoms with van der Waals surface area (Å²) in [4.78, 5) is 14.0. The maximum atomic E-state index is 12.1. The number of nitrogens with zero attached hydrogens (tertiary/aromatic N) is 1. The zero-order chi connectivity index (χ0) is 13.0. The molecule has 0 saturated carbocycles. The summed E-state index contributed by atoms with van der Waals surface area (Å²) in [7, 11) is 1.61. The van der Waals surface area contributed by atoms with E-state index in [-0.39, 0.29) is 18.4 Å². The second-order valence-electron chi connectivity index (χ2n) is 4.67. The molecule has 1 N–H and O–H groups in total. The molecule has 1 aliphatic rings. The molecule has 1 aromatic carbocycles. The van der Waals surface area contributed by atoms with Crippen LogP contribution in [0, 0.1) is 5.92 Å². The van der Waals surface area contributed by atoms with Gasteiger partial charge in [0, 0.05) is 31.2 Å². The predicted octanol–water partition coefficient (Wildman–Crippen LogP) is 1.08. The first-order chi connectivity index (χ1) is 8.74. The second-order valence-corrected chi connectivity index (χ2v) is 4.67. The van der Waals surface area contributed by atoms with Gasteiger partial charge in [0.2, 0.25) is 5.91 Å². The molecule has 1 unspecified atom stereocenters. The number of carbonyl (C=O) groups excluding carboxylic acids is 1. The van der Waals surface area contributed by atoms with Gasteiger partial charge in [0.1, 0.15) is 5.75 Å². The number of hydrogen-bond donors (Lipinski definition) is 1. The van der Waals surface area contributed by atoms with E-state index in [2.05, 4.69) is 0 Å². The number of aliphatic hydroxyl groups is 1. The van der Waals surface area contributed by atoms with Crippen LogP contribution in [0.15, 0.2) is 24.3 Å². The van der Waals surface area contributed by atoms with E-state index in [1.165, 1.54) is 0 Å². The number of hydrogen-bond acceptors (Lipinski definition) is 3. The molecular formula is C14H19NO3. The third-order valence-electron chi connectivity index (χ3n) is 3.43. The van der Waals surface area contributed by atoms with Gasteiger partial charge < -0.3 is 14.7 Å². The fourth-order valence-corrected chi connectivity index (χ4v) is 2.33. The number of methoxy groups -OCH3 is 1. The second kappa shape index (κ2) is 5.87. The Morgan fingerprint density at radius 1 is 1.50 bits per heavy atom. The maximum absolute atomic E-state index is 12.1. The Bertz CT molecular complexity index is 419. The molecule has 0 spiro atoms. The van der Waals surface area contributed by atoms with Crippen LogP contribution in [0.3, 0.4) is 0 Å². The molecular weight excluding hydrogens is 230 g/mol. The number of rotatable bonds is 4. The van der Waals surface area contributed by atoms with Crippen LogP contribution < -0.4 is 4.74 Å². The summed E-state index contributed by atoms with van der Waals surface area (Å²) in [5.74, 6) is 1.10. The largest absolute Gasteiger partial charge is 0.496 e. The zero-order valence-electron chi connectivity index (χ0n) is 10.6. The highest BCUT2D eigenvalue weighted by Crippen LogP contribution is 2.21. The van der Waals surface area contributed by atoms with E-state index >= 15 is 0 Å². The molecule has 4 nitrogen and oxygen atoms in total. The average Bonchev–Trinajstić information content (AvgIpc) is 2.88. The molecule has 0 bridgehead atoms. The van der Waals surface area contributed by atoms with Crippen molar-refractivity contribution in [1.82, 2.24) is 4.90 Å². The van der Waals surface area contributed by atoms with Crippen LogP contribution in [0.25, 0.3) is 0 Å². The van der Waals surface area contributed by atoms with Crippen LogP contribution in [0.2, 0.25) is 0 Å². The van der Waals surface area contributed by atoms with Crippen LogP contribution in [-0.4, -0.2) is 42.7 Å². The van der Waals surface area contributed by atoms with Crippen LogP contribution >= 0.6 is 0 Å². The third kappa shape index (κ3) is 2.82. The van der Waals surface area contributed by atoms with Gasteiger partial charge in [-0.05, 0) is 12.5 Å². The number of amides is 1. The summed E-state index contributed by atoms with van der Waals surface area (Å²) < 4.78 is 5.24. The van der Waals surface area contributed by atoms with Crippen molar-refractivity contribution in [3.05, 3.63) is 29.8 Å². The Kier molecular flexibility index (Phi) is 4.20. The van der Waals surface area contributed by atoms with E-state index < -0.39 is 0 Å². The van der Waals surface area contributed by atoms with Crippen molar-refractivity contribution in [2.24, 2.45) is 5.92 Å². The van der Waals surface area contributed by atoms with Gasteiger partial charge in [0.05, 0.1) is 13.5 Å². The normalized spacial score (nSPS) is 19.0. The molecule has 0 aliphatic carbocycles. The lowest BCUT2D eigenvalue weighted by molar-refractivity contribution is -0.129. The van der Waals surface area contributed by atoms with Crippen molar-refractivity contribution in [3.63, 3.8) is 0 Å². The number of aliphatic hydroxyl groups excluding tert-OH is 1. The average molecular weight is 249 g/mol. The summed E-state index contributed by atoms with van der Waals surface area (Å²) in [5, 5.41) is 9.08. The van der Waals surface area contributed by atoms with Gasteiger partial charge in [0.25, 0.3) is 0 Å². The molecule has 1 amide bonds. The van der Waals surface area contributed by atoms with Crippen molar-refractivity contribution < 1.29 is 14.6 Å². The molecule has 1 heterocycles. The van der Waals surface area contributed by atoms with Crippen LogP contribution in [0.5, 0.6) is 5.75 Å². The Morgan fingerprint density at radius 3 is 2.94 bits per heavy atom. The predicted molar refractivity (Wildman–Crippen MR) is 68.5 cm³/mol. The molecule has 0 radical (unpaired) electrons. The first kappa shape index (κ1) is 12.9. The summed E-state index contributed by atoms with van der Waals surface area (Å²) in [6, 6.07) is 7.58. The number of ether oxygens (including phenoxy) is 1. The highest BCUT2D eigenvalue weighted by Gasteiger charge is 2.25. The first-order valence-corrected chi connectivity index (χ1v) is 6.25. The van der Waals surface area contributed by atoms with Crippen LogP contribution in [0.4, 0.5) is 0 Å². The smallest absolute Gasteiger partial charge is 0.227 e. The van der Waals surface area contributed by atoms with Crippen LogP contribution in [0.1, 0.15) is 12.0 Å². The SMILES string of the molecule is COc1ccccc1CC(=O)N1CCC(CO)C1. The quantitative estimate of drug-likeness (QED) is 0.868. The van der Waals surface area contributed by atoms with Gasteiger partial charge in [-0.25, -0.2) is 0 Å². The zero-order valence-corrected chi connectivity index (χ0v) is 10.6. The number of benzene rings is 1. The standard InChI is InChI=1S/C14H19NO3/c1-18-13-5-3-2-4-12(13)8-14(17)15-7-6-11(9-15)10-16/h2-5,11,16H,6-10H2,1H3. The van der Waals surface area contributed by atoms with Gasteiger partial charge in [0.15, 0.2) is 0 Å². The van der Waals surface area contributed by atoms with E-state index in [4.69, 9.17) is 9.84 Å². The van der Waals surface area contributed by atoms with Gasteiger partial charge in [-0.2, -0.15) is 0 Å². The van der Waals surface area contributed by atoms with Gasteiger partial charge in [-0.1, -0.05) is 18.2 Å². The molecule has 1 atom stereocenters. The minimum atomic E-state index is 0.107. The molecule has 18 heavy (non-hydrogen) atoms. The van der Waals surface area contributed by atoms with E-state index in [0.29, 0.717) is 13.0 Å². The lowest BCUT2D eigenvalue weighted by atomic mass is 10.1. The molecule has 4 heteroatoms. The minimum absolute atomic E-state index is 0.107. The Morgan fingerprint density at radius 2 is 2.28 bits per heavy atom. The van der Waals surface area contributed by atoms with Crippen LogP contribution in [-0.2, 0) is 11.2 Å². The van der Waals surface area contributed by atoms with Crippen molar-refractivity contribution in [2.45, 2.75) is 12.8 Å². The Labute approximate surface area is 107 Å².